The first-order valence-corrected chi connectivity index (χ1v) is 10.8. The average molecular weight is 421 g/mol. The van der Waals surface area contributed by atoms with Crippen molar-refractivity contribution in [1.29, 1.82) is 0 Å². The quantitative estimate of drug-likeness (QED) is 0.621. The van der Waals surface area contributed by atoms with Crippen molar-refractivity contribution in [3.05, 3.63) is 77.2 Å². The molecular weight excluding hydrogens is 396 g/mol. The zero-order chi connectivity index (χ0) is 20.7. The second-order valence-electron chi connectivity index (χ2n) is 8.24. The van der Waals surface area contributed by atoms with Crippen molar-refractivity contribution in [2.24, 2.45) is 0 Å². The molecule has 6 heteroatoms. The third kappa shape index (κ3) is 3.13. The fourth-order valence-corrected chi connectivity index (χ4v) is 5.03. The lowest BCUT2D eigenvalue weighted by molar-refractivity contribution is 0.0101. The van der Waals surface area contributed by atoms with E-state index in [0.29, 0.717) is 10.6 Å². The SMILES string of the molecule is CN1CCn2c(-c3ccccc3)cnc2C12CCN(C(=O)c1ccc(Cl)cc1)CC2. The summed E-state index contributed by atoms with van der Waals surface area (Å²) in [6, 6.07) is 17.6. The Labute approximate surface area is 181 Å². The van der Waals surface area contributed by atoms with E-state index in [4.69, 9.17) is 16.6 Å². The zero-order valence-electron chi connectivity index (χ0n) is 17.1. The summed E-state index contributed by atoms with van der Waals surface area (Å²) in [6.07, 6.45) is 3.78. The van der Waals surface area contributed by atoms with Gasteiger partial charge in [-0.2, -0.15) is 0 Å². The van der Waals surface area contributed by atoms with Crippen LogP contribution in [0.4, 0.5) is 0 Å². The average Bonchev–Trinajstić information content (AvgIpc) is 3.23. The number of carbonyl (C=O) groups excluding carboxylic acids is 1. The number of carbonyl (C=O) groups is 1. The maximum absolute atomic E-state index is 12.9. The lowest BCUT2D eigenvalue weighted by Gasteiger charge is -2.49. The van der Waals surface area contributed by atoms with Gasteiger partial charge >= 0.3 is 0 Å². The largest absolute Gasteiger partial charge is 0.338 e. The molecule has 2 aliphatic heterocycles. The maximum atomic E-state index is 12.9. The molecular formula is C24H25ClN4O. The summed E-state index contributed by atoms with van der Waals surface area (Å²) in [7, 11) is 2.19. The first-order chi connectivity index (χ1) is 14.6. The number of imidazole rings is 1. The monoisotopic (exact) mass is 420 g/mol. The van der Waals surface area contributed by atoms with E-state index >= 15 is 0 Å². The molecule has 0 atom stereocenters. The van der Waals surface area contributed by atoms with Gasteiger partial charge in [-0.1, -0.05) is 41.9 Å². The van der Waals surface area contributed by atoms with Crippen LogP contribution in [0.2, 0.25) is 5.02 Å². The lowest BCUT2D eigenvalue weighted by Crippen LogP contribution is -2.57. The predicted octanol–water partition coefficient (Wildman–Crippen LogP) is 4.28. The number of likely N-dealkylation sites (tertiary alicyclic amines) is 1. The van der Waals surface area contributed by atoms with E-state index in [0.717, 1.165) is 44.8 Å². The van der Waals surface area contributed by atoms with Crippen LogP contribution in [0.15, 0.2) is 60.8 Å². The Balaban J connectivity index is 1.41. The molecule has 0 N–H and O–H groups in total. The Kier molecular flexibility index (Phi) is 4.88. The highest BCUT2D eigenvalue weighted by atomic mass is 35.5. The number of fused-ring (bicyclic) bond motifs is 2. The molecule has 1 amide bonds. The number of halogens is 1. The van der Waals surface area contributed by atoms with Gasteiger partial charge in [0.1, 0.15) is 5.82 Å². The standard InChI is InChI=1S/C24H25ClN4O/c1-27-15-16-29-21(18-5-3-2-4-6-18)17-26-23(29)24(27)11-13-28(14-12-24)22(30)19-7-9-20(25)10-8-19/h2-10,17H,11-16H2,1H3. The summed E-state index contributed by atoms with van der Waals surface area (Å²) in [5.74, 6) is 1.21. The summed E-state index contributed by atoms with van der Waals surface area (Å²) < 4.78 is 2.38. The molecule has 1 aromatic heterocycles. The van der Waals surface area contributed by atoms with Gasteiger partial charge in [-0.3, -0.25) is 9.69 Å². The second kappa shape index (κ2) is 7.56. The van der Waals surface area contributed by atoms with Gasteiger partial charge in [-0.05, 0) is 49.7 Å². The Morgan fingerprint density at radius 1 is 0.967 bits per heavy atom. The van der Waals surface area contributed by atoms with E-state index in [2.05, 4.69) is 40.8 Å². The number of piperidine rings is 1. The minimum Gasteiger partial charge on any atom is -0.338 e. The molecule has 0 radical (unpaired) electrons. The number of nitrogens with zero attached hydrogens (tertiary/aromatic N) is 4. The highest BCUT2D eigenvalue weighted by Gasteiger charge is 2.46. The van der Waals surface area contributed by atoms with Crippen molar-refractivity contribution >= 4 is 17.5 Å². The zero-order valence-corrected chi connectivity index (χ0v) is 17.8. The van der Waals surface area contributed by atoms with E-state index in [-0.39, 0.29) is 11.4 Å². The van der Waals surface area contributed by atoms with Crippen LogP contribution in [-0.4, -0.2) is 51.9 Å². The van der Waals surface area contributed by atoms with Crippen LogP contribution in [0.25, 0.3) is 11.3 Å². The van der Waals surface area contributed by atoms with Crippen LogP contribution in [0.1, 0.15) is 29.0 Å². The van der Waals surface area contributed by atoms with Crippen LogP contribution >= 0.6 is 11.6 Å². The number of hydrogen-bond acceptors (Lipinski definition) is 3. The predicted molar refractivity (Wildman–Crippen MR) is 119 cm³/mol. The van der Waals surface area contributed by atoms with Crippen molar-refractivity contribution in [2.45, 2.75) is 24.9 Å². The molecule has 1 spiro atoms. The highest BCUT2D eigenvalue weighted by molar-refractivity contribution is 6.30. The van der Waals surface area contributed by atoms with Gasteiger partial charge < -0.3 is 9.47 Å². The van der Waals surface area contributed by atoms with Gasteiger partial charge in [0.25, 0.3) is 5.91 Å². The van der Waals surface area contributed by atoms with Crippen molar-refractivity contribution in [2.75, 3.05) is 26.7 Å². The molecule has 0 saturated carbocycles. The normalized spacial score (nSPS) is 18.4. The van der Waals surface area contributed by atoms with E-state index in [1.165, 1.54) is 11.3 Å². The molecule has 0 aliphatic carbocycles. The smallest absolute Gasteiger partial charge is 0.253 e. The van der Waals surface area contributed by atoms with Gasteiger partial charge in [0, 0.05) is 36.8 Å². The van der Waals surface area contributed by atoms with Gasteiger partial charge in [-0.15, -0.1) is 0 Å². The minimum atomic E-state index is -0.123. The molecule has 2 aliphatic rings. The number of hydrogen-bond donors (Lipinski definition) is 0. The first-order valence-electron chi connectivity index (χ1n) is 10.5. The molecule has 1 fully saturated rings. The van der Waals surface area contributed by atoms with Crippen molar-refractivity contribution in [1.82, 2.24) is 19.4 Å². The number of likely N-dealkylation sites (N-methyl/N-ethyl adjacent to an activating group) is 1. The van der Waals surface area contributed by atoms with Crippen LogP contribution in [0.3, 0.4) is 0 Å². The summed E-state index contributed by atoms with van der Waals surface area (Å²) in [4.78, 5) is 22.2. The van der Waals surface area contributed by atoms with Gasteiger partial charge in [0.15, 0.2) is 0 Å². The van der Waals surface area contributed by atoms with Crippen LogP contribution < -0.4 is 0 Å². The molecule has 0 unspecified atom stereocenters. The van der Waals surface area contributed by atoms with E-state index in [9.17, 15) is 4.79 Å². The fraction of sp³-hybridized carbons (Fsp3) is 0.333. The van der Waals surface area contributed by atoms with Crippen molar-refractivity contribution in [3.8, 4) is 11.3 Å². The molecule has 0 bridgehead atoms. The molecule has 5 nitrogen and oxygen atoms in total. The van der Waals surface area contributed by atoms with Crippen LogP contribution in [-0.2, 0) is 12.1 Å². The molecule has 3 aromatic rings. The molecule has 3 heterocycles. The second-order valence-corrected chi connectivity index (χ2v) is 8.67. The molecule has 154 valence electrons. The van der Waals surface area contributed by atoms with Crippen LogP contribution in [0, 0.1) is 0 Å². The molecule has 30 heavy (non-hydrogen) atoms. The fourth-order valence-electron chi connectivity index (χ4n) is 4.91. The first kappa shape index (κ1) is 19.3. The van der Waals surface area contributed by atoms with Crippen molar-refractivity contribution in [3.63, 3.8) is 0 Å². The molecule has 2 aromatic carbocycles. The van der Waals surface area contributed by atoms with Crippen molar-refractivity contribution < 1.29 is 4.79 Å². The summed E-state index contributed by atoms with van der Waals surface area (Å²) in [5.41, 5.74) is 2.95. The summed E-state index contributed by atoms with van der Waals surface area (Å²) >= 11 is 5.97. The van der Waals surface area contributed by atoms with Gasteiger partial charge in [0.2, 0.25) is 0 Å². The Morgan fingerprint density at radius 3 is 2.37 bits per heavy atom. The highest BCUT2D eigenvalue weighted by Crippen LogP contribution is 2.41. The van der Waals surface area contributed by atoms with E-state index < -0.39 is 0 Å². The summed E-state index contributed by atoms with van der Waals surface area (Å²) in [6.45, 7) is 3.36. The summed E-state index contributed by atoms with van der Waals surface area (Å²) in [5, 5.41) is 0.647. The Bertz CT molecular complexity index is 1050. The van der Waals surface area contributed by atoms with Crippen LogP contribution in [0.5, 0.6) is 0 Å². The third-order valence-corrected chi connectivity index (χ3v) is 6.95. The topological polar surface area (TPSA) is 41.4 Å². The van der Waals surface area contributed by atoms with E-state index in [1.54, 1.807) is 24.3 Å². The number of amides is 1. The minimum absolute atomic E-state index is 0.0771. The number of benzene rings is 2. The number of aromatic nitrogens is 2. The maximum Gasteiger partial charge on any atom is 0.253 e. The van der Waals surface area contributed by atoms with Gasteiger partial charge in [0.05, 0.1) is 17.4 Å². The van der Waals surface area contributed by atoms with Gasteiger partial charge in [-0.25, -0.2) is 4.98 Å². The molecule has 5 rings (SSSR count). The van der Waals surface area contributed by atoms with E-state index in [1.807, 2.05) is 17.2 Å². The molecule has 1 saturated heterocycles. The third-order valence-electron chi connectivity index (χ3n) is 6.70. The Hall–Kier alpha value is -2.63. The lowest BCUT2D eigenvalue weighted by atomic mass is 9.83. The number of rotatable bonds is 2. The Morgan fingerprint density at radius 2 is 1.67 bits per heavy atom.